The fourth-order valence-electron chi connectivity index (χ4n) is 3.48. The Balaban J connectivity index is 1.66. The molecule has 0 spiro atoms. The number of morpholine rings is 1. The van der Waals surface area contributed by atoms with Gasteiger partial charge in [-0.2, -0.15) is 0 Å². The third-order valence-electron chi connectivity index (χ3n) is 5.21. The predicted molar refractivity (Wildman–Crippen MR) is 128 cm³/mol. The van der Waals surface area contributed by atoms with Crippen LogP contribution in [0.2, 0.25) is 5.02 Å². The molecule has 2 aromatic carbocycles. The van der Waals surface area contributed by atoms with Gasteiger partial charge in [-0.05, 0) is 67.0 Å². The van der Waals surface area contributed by atoms with Gasteiger partial charge >= 0.3 is 0 Å². The molecule has 30 heavy (non-hydrogen) atoms. The van der Waals surface area contributed by atoms with Crippen LogP contribution in [0.5, 0.6) is 5.75 Å². The van der Waals surface area contributed by atoms with Gasteiger partial charge in [0.05, 0.1) is 20.3 Å². The summed E-state index contributed by atoms with van der Waals surface area (Å²) < 4.78 is 10.8. The molecule has 0 bridgehead atoms. The lowest BCUT2D eigenvalue weighted by atomic mass is 10.2. The van der Waals surface area contributed by atoms with Crippen LogP contribution in [0.4, 0.5) is 5.69 Å². The highest BCUT2D eigenvalue weighted by molar-refractivity contribution is 7.80. The Morgan fingerprint density at radius 2 is 2.03 bits per heavy atom. The van der Waals surface area contributed by atoms with E-state index in [0.717, 1.165) is 79.9 Å². The van der Waals surface area contributed by atoms with Gasteiger partial charge in [-0.3, -0.25) is 4.90 Å². The van der Waals surface area contributed by atoms with E-state index in [9.17, 15) is 0 Å². The number of methoxy groups -OCH3 is 1. The van der Waals surface area contributed by atoms with Crippen molar-refractivity contribution >= 4 is 34.6 Å². The molecule has 0 aromatic heterocycles. The van der Waals surface area contributed by atoms with Crippen LogP contribution in [0.15, 0.2) is 42.5 Å². The zero-order valence-corrected chi connectivity index (χ0v) is 19.3. The number of halogens is 1. The third kappa shape index (κ3) is 6.84. The number of nitrogens with one attached hydrogen (secondary N) is 1. The second-order valence-electron chi connectivity index (χ2n) is 7.47. The van der Waals surface area contributed by atoms with Gasteiger partial charge in [-0.1, -0.05) is 23.7 Å². The van der Waals surface area contributed by atoms with Crippen LogP contribution in [-0.4, -0.2) is 61.4 Å². The molecule has 0 aliphatic carbocycles. The predicted octanol–water partition coefficient (Wildman–Crippen LogP) is 4.58. The Bertz CT molecular complexity index is 843. The maximum absolute atomic E-state index is 6.16. The van der Waals surface area contributed by atoms with Crippen molar-refractivity contribution in [2.45, 2.75) is 19.9 Å². The van der Waals surface area contributed by atoms with Crippen LogP contribution < -0.4 is 10.1 Å². The van der Waals surface area contributed by atoms with E-state index < -0.39 is 0 Å². The Morgan fingerprint density at radius 1 is 1.23 bits per heavy atom. The molecular formula is C23H30ClN3O2S. The number of hydrogen-bond donors (Lipinski definition) is 1. The summed E-state index contributed by atoms with van der Waals surface area (Å²) in [6.07, 6.45) is 1.03. The summed E-state index contributed by atoms with van der Waals surface area (Å²) in [6.45, 7) is 8.28. The number of nitrogens with zero attached hydrogens (tertiary/aromatic N) is 2. The van der Waals surface area contributed by atoms with Gasteiger partial charge in [0.1, 0.15) is 5.75 Å². The Kier molecular flexibility index (Phi) is 8.75. The van der Waals surface area contributed by atoms with Crippen molar-refractivity contribution in [1.29, 1.82) is 0 Å². The summed E-state index contributed by atoms with van der Waals surface area (Å²) in [5, 5.41) is 4.85. The summed E-state index contributed by atoms with van der Waals surface area (Å²) in [7, 11) is 1.69. The van der Waals surface area contributed by atoms with E-state index in [4.69, 9.17) is 33.3 Å². The maximum atomic E-state index is 6.16. The lowest BCUT2D eigenvalue weighted by Crippen LogP contribution is -2.40. The monoisotopic (exact) mass is 447 g/mol. The molecule has 1 aliphatic rings. The van der Waals surface area contributed by atoms with Crippen LogP contribution in [0.1, 0.15) is 17.5 Å². The van der Waals surface area contributed by atoms with E-state index in [0.29, 0.717) is 5.11 Å². The van der Waals surface area contributed by atoms with Crippen LogP contribution in [0.25, 0.3) is 0 Å². The minimum absolute atomic E-state index is 0.710. The Labute approximate surface area is 189 Å². The van der Waals surface area contributed by atoms with Crippen LogP contribution in [0, 0.1) is 6.92 Å². The molecule has 1 fully saturated rings. The Morgan fingerprint density at radius 3 is 2.77 bits per heavy atom. The van der Waals surface area contributed by atoms with E-state index in [1.54, 1.807) is 7.11 Å². The number of thiocarbonyl (C=S) groups is 1. The molecule has 0 saturated carbocycles. The highest BCUT2D eigenvalue weighted by atomic mass is 35.5. The summed E-state index contributed by atoms with van der Waals surface area (Å²) in [5.41, 5.74) is 3.14. The summed E-state index contributed by atoms with van der Waals surface area (Å²) >= 11 is 11.9. The molecule has 5 nitrogen and oxygen atoms in total. The molecule has 3 rings (SSSR count). The molecule has 1 N–H and O–H groups in total. The average Bonchev–Trinajstić information content (AvgIpc) is 2.76. The smallest absolute Gasteiger partial charge is 0.173 e. The molecule has 0 radical (unpaired) electrons. The normalized spacial score (nSPS) is 14.4. The zero-order valence-electron chi connectivity index (χ0n) is 17.7. The number of benzene rings is 2. The van der Waals surface area contributed by atoms with E-state index in [1.807, 2.05) is 37.3 Å². The molecule has 162 valence electrons. The number of aryl methyl sites for hydroxylation is 1. The van der Waals surface area contributed by atoms with E-state index in [1.165, 1.54) is 0 Å². The van der Waals surface area contributed by atoms with Crippen LogP contribution >= 0.6 is 23.8 Å². The molecule has 0 unspecified atom stereocenters. The van der Waals surface area contributed by atoms with Gasteiger partial charge in [-0.25, -0.2) is 0 Å². The van der Waals surface area contributed by atoms with Crippen molar-refractivity contribution in [1.82, 2.24) is 9.80 Å². The van der Waals surface area contributed by atoms with Crippen molar-refractivity contribution < 1.29 is 9.47 Å². The van der Waals surface area contributed by atoms with Crippen LogP contribution in [0.3, 0.4) is 0 Å². The van der Waals surface area contributed by atoms with Gasteiger partial charge in [-0.15, -0.1) is 0 Å². The second-order valence-corrected chi connectivity index (χ2v) is 8.27. The lowest BCUT2D eigenvalue weighted by molar-refractivity contribution is 0.0368. The van der Waals surface area contributed by atoms with E-state index >= 15 is 0 Å². The van der Waals surface area contributed by atoms with E-state index in [2.05, 4.69) is 27.2 Å². The summed E-state index contributed by atoms with van der Waals surface area (Å²) in [4.78, 5) is 4.67. The minimum Gasteiger partial charge on any atom is -0.497 e. The largest absolute Gasteiger partial charge is 0.497 e. The molecule has 0 amide bonds. The third-order valence-corrected chi connectivity index (χ3v) is 5.99. The first-order valence-corrected chi connectivity index (χ1v) is 11.1. The molecular weight excluding hydrogens is 418 g/mol. The molecule has 1 heterocycles. The average molecular weight is 448 g/mol. The maximum Gasteiger partial charge on any atom is 0.173 e. The van der Waals surface area contributed by atoms with Crippen molar-refractivity contribution in [3.8, 4) is 5.75 Å². The van der Waals surface area contributed by atoms with Crippen molar-refractivity contribution in [2.24, 2.45) is 0 Å². The topological polar surface area (TPSA) is 37.0 Å². The molecule has 1 aliphatic heterocycles. The van der Waals surface area contributed by atoms with Crippen molar-refractivity contribution in [3.63, 3.8) is 0 Å². The number of anilines is 1. The highest BCUT2D eigenvalue weighted by Crippen LogP contribution is 2.20. The van der Waals surface area contributed by atoms with Gasteiger partial charge < -0.3 is 19.7 Å². The molecule has 7 heteroatoms. The molecule has 2 aromatic rings. The number of rotatable bonds is 8. The van der Waals surface area contributed by atoms with Crippen molar-refractivity contribution in [3.05, 3.63) is 58.6 Å². The molecule has 1 saturated heterocycles. The first-order chi connectivity index (χ1) is 14.5. The molecule has 0 atom stereocenters. The van der Waals surface area contributed by atoms with Gasteiger partial charge in [0, 0.05) is 43.4 Å². The van der Waals surface area contributed by atoms with E-state index in [-0.39, 0.29) is 0 Å². The van der Waals surface area contributed by atoms with Crippen molar-refractivity contribution in [2.75, 3.05) is 51.8 Å². The SMILES string of the molecule is COc1cccc(CN(CCCN2CCOCC2)C(=S)Nc2ccc(Cl)c(C)c2)c1. The second kappa shape index (κ2) is 11.5. The number of hydrogen-bond acceptors (Lipinski definition) is 4. The standard InChI is InChI=1S/C23H30ClN3O2S/c1-18-15-20(7-8-22(18)24)25-23(30)27(10-4-9-26-11-13-29-14-12-26)17-19-5-3-6-21(16-19)28-2/h3,5-8,15-16H,4,9-14,17H2,1-2H3,(H,25,30). The fourth-order valence-corrected chi connectivity index (χ4v) is 3.87. The van der Waals surface area contributed by atoms with Gasteiger partial charge in [0.2, 0.25) is 0 Å². The van der Waals surface area contributed by atoms with Gasteiger partial charge in [0.25, 0.3) is 0 Å². The summed E-state index contributed by atoms with van der Waals surface area (Å²) in [5.74, 6) is 0.855. The fraction of sp³-hybridized carbons (Fsp3) is 0.435. The van der Waals surface area contributed by atoms with Crippen LogP contribution in [-0.2, 0) is 11.3 Å². The lowest BCUT2D eigenvalue weighted by Gasteiger charge is -2.30. The van der Waals surface area contributed by atoms with Gasteiger partial charge in [0.15, 0.2) is 5.11 Å². The number of ether oxygens (including phenoxy) is 2. The highest BCUT2D eigenvalue weighted by Gasteiger charge is 2.14. The summed E-state index contributed by atoms with van der Waals surface area (Å²) in [6, 6.07) is 14.0. The first-order valence-electron chi connectivity index (χ1n) is 10.3. The Hall–Kier alpha value is -1.86. The first kappa shape index (κ1) is 22.8. The quantitative estimate of drug-likeness (QED) is 0.597. The zero-order chi connectivity index (χ0) is 21.3. The minimum atomic E-state index is 0.710.